The van der Waals surface area contributed by atoms with Crippen molar-refractivity contribution < 1.29 is 14.1 Å². The molecule has 24 heavy (non-hydrogen) atoms. The van der Waals surface area contributed by atoms with Crippen molar-refractivity contribution in [1.29, 1.82) is 0 Å². The maximum absolute atomic E-state index is 12.6. The van der Waals surface area contributed by atoms with E-state index in [2.05, 4.69) is 15.5 Å². The smallest absolute Gasteiger partial charge is 0.226 e. The number of aromatic nitrogens is 2. The second-order valence-electron chi connectivity index (χ2n) is 6.68. The van der Waals surface area contributed by atoms with Gasteiger partial charge in [-0.1, -0.05) is 5.16 Å². The van der Waals surface area contributed by atoms with Crippen LogP contribution in [0.4, 0.5) is 0 Å². The molecule has 3 heterocycles. The third-order valence-corrected chi connectivity index (χ3v) is 4.92. The van der Waals surface area contributed by atoms with Crippen molar-refractivity contribution in [2.75, 3.05) is 39.8 Å². The second-order valence-corrected chi connectivity index (χ2v) is 6.68. The molecule has 0 saturated carbocycles. The molecular formula is C16H25N5O3. The summed E-state index contributed by atoms with van der Waals surface area (Å²) in [6.07, 6.45) is 4.67. The number of piperidine rings is 1. The maximum Gasteiger partial charge on any atom is 0.226 e. The van der Waals surface area contributed by atoms with Gasteiger partial charge < -0.3 is 19.6 Å². The molecular weight excluding hydrogens is 310 g/mol. The molecule has 2 aliphatic rings. The summed E-state index contributed by atoms with van der Waals surface area (Å²) in [5.41, 5.74) is 0. The fraction of sp³-hybridized carbons (Fsp3) is 0.750. The highest BCUT2D eigenvalue weighted by Crippen LogP contribution is 2.22. The lowest BCUT2D eigenvalue weighted by atomic mass is 9.88. The van der Waals surface area contributed by atoms with Crippen molar-refractivity contribution in [3.05, 3.63) is 12.2 Å². The molecule has 132 valence electrons. The molecule has 3 rings (SSSR count). The first-order valence-corrected chi connectivity index (χ1v) is 8.65. The number of hydrogen-bond donors (Lipinski definition) is 1. The van der Waals surface area contributed by atoms with E-state index in [9.17, 15) is 9.59 Å². The van der Waals surface area contributed by atoms with Crippen molar-refractivity contribution in [3.63, 3.8) is 0 Å². The number of carbonyl (C=O) groups is 2. The van der Waals surface area contributed by atoms with Crippen LogP contribution in [0.5, 0.6) is 0 Å². The van der Waals surface area contributed by atoms with Crippen LogP contribution in [0.25, 0.3) is 0 Å². The lowest BCUT2D eigenvalue weighted by Gasteiger charge is -2.33. The Morgan fingerprint density at radius 3 is 2.79 bits per heavy atom. The molecule has 0 radical (unpaired) electrons. The lowest BCUT2D eigenvalue weighted by molar-refractivity contribution is -0.139. The average Bonchev–Trinajstić information content (AvgIpc) is 3.32. The van der Waals surface area contributed by atoms with E-state index in [0.717, 1.165) is 25.9 Å². The Bertz CT molecular complexity index is 556. The molecule has 1 N–H and O–H groups in total. The minimum absolute atomic E-state index is 0.0740. The normalized spacial score (nSPS) is 24.1. The van der Waals surface area contributed by atoms with Crippen LogP contribution in [-0.4, -0.2) is 71.5 Å². The molecule has 2 aliphatic heterocycles. The van der Waals surface area contributed by atoms with Gasteiger partial charge in [-0.2, -0.15) is 4.98 Å². The van der Waals surface area contributed by atoms with Crippen LogP contribution in [0, 0.1) is 11.8 Å². The molecule has 0 unspecified atom stereocenters. The molecule has 2 fully saturated rings. The Balaban J connectivity index is 1.51. The van der Waals surface area contributed by atoms with Gasteiger partial charge in [-0.15, -0.1) is 0 Å². The van der Waals surface area contributed by atoms with Crippen LogP contribution in [-0.2, 0) is 16.0 Å². The predicted octanol–water partition coefficient (Wildman–Crippen LogP) is -0.0814. The number of nitrogens with zero attached hydrogens (tertiary/aromatic N) is 4. The van der Waals surface area contributed by atoms with Gasteiger partial charge in [0.1, 0.15) is 0 Å². The Labute approximate surface area is 141 Å². The molecule has 2 amide bonds. The molecule has 8 heteroatoms. The van der Waals surface area contributed by atoms with Gasteiger partial charge in [0.15, 0.2) is 5.82 Å². The highest BCUT2D eigenvalue weighted by Gasteiger charge is 2.35. The quantitative estimate of drug-likeness (QED) is 0.809. The highest BCUT2D eigenvalue weighted by molar-refractivity contribution is 5.83. The Morgan fingerprint density at radius 1 is 1.33 bits per heavy atom. The van der Waals surface area contributed by atoms with Crippen LogP contribution < -0.4 is 5.32 Å². The summed E-state index contributed by atoms with van der Waals surface area (Å²) < 4.78 is 4.70. The van der Waals surface area contributed by atoms with Crippen molar-refractivity contribution in [2.24, 2.45) is 11.8 Å². The van der Waals surface area contributed by atoms with E-state index in [1.165, 1.54) is 6.39 Å². The zero-order valence-corrected chi connectivity index (χ0v) is 14.1. The van der Waals surface area contributed by atoms with Gasteiger partial charge in [-0.05, 0) is 19.3 Å². The summed E-state index contributed by atoms with van der Waals surface area (Å²) in [7, 11) is 1.79. The number of rotatable bonds is 5. The molecule has 1 aromatic rings. The number of carbonyl (C=O) groups excluding carboxylic acids is 2. The first-order valence-electron chi connectivity index (χ1n) is 8.65. The summed E-state index contributed by atoms with van der Waals surface area (Å²) in [5, 5.41) is 7.01. The number of hydrogen-bond acceptors (Lipinski definition) is 6. The summed E-state index contributed by atoms with van der Waals surface area (Å²) in [4.78, 5) is 32.8. The number of amides is 2. The van der Waals surface area contributed by atoms with E-state index >= 15 is 0 Å². The van der Waals surface area contributed by atoms with E-state index in [1.807, 2.05) is 4.90 Å². The van der Waals surface area contributed by atoms with Gasteiger partial charge in [0.2, 0.25) is 18.2 Å². The predicted molar refractivity (Wildman–Crippen MR) is 85.9 cm³/mol. The third-order valence-electron chi connectivity index (χ3n) is 4.92. The fourth-order valence-corrected chi connectivity index (χ4v) is 3.51. The van der Waals surface area contributed by atoms with Crippen molar-refractivity contribution in [3.8, 4) is 0 Å². The molecule has 1 aromatic heterocycles. The Morgan fingerprint density at radius 2 is 2.08 bits per heavy atom. The minimum atomic E-state index is -0.148. The fourth-order valence-electron chi connectivity index (χ4n) is 3.51. The minimum Gasteiger partial charge on any atom is -0.345 e. The Kier molecular flexibility index (Phi) is 5.44. The number of likely N-dealkylation sites (tertiary alicyclic amines) is 1. The van der Waals surface area contributed by atoms with E-state index in [4.69, 9.17) is 4.52 Å². The Hall–Kier alpha value is -1.96. The van der Waals surface area contributed by atoms with Gasteiger partial charge in [0, 0.05) is 46.2 Å². The summed E-state index contributed by atoms with van der Waals surface area (Å²) in [6.45, 7) is 3.57. The van der Waals surface area contributed by atoms with Crippen LogP contribution in [0.3, 0.4) is 0 Å². The van der Waals surface area contributed by atoms with E-state index in [-0.39, 0.29) is 23.7 Å². The van der Waals surface area contributed by atoms with Gasteiger partial charge in [0.25, 0.3) is 0 Å². The van der Waals surface area contributed by atoms with Gasteiger partial charge in [-0.3, -0.25) is 9.59 Å². The number of likely N-dealkylation sites (N-methyl/N-ethyl adjacent to an activating group) is 1. The van der Waals surface area contributed by atoms with Crippen LogP contribution >= 0.6 is 0 Å². The highest BCUT2D eigenvalue weighted by atomic mass is 16.5. The number of nitrogens with one attached hydrogen (secondary N) is 1. The molecule has 8 nitrogen and oxygen atoms in total. The molecule has 0 spiro atoms. The first kappa shape index (κ1) is 16.9. The topological polar surface area (TPSA) is 91.6 Å². The van der Waals surface area contributed by atoms with Crippen molar-refractivity contribution in [1.82, 2.24) is 25.3 Å². The molecule has 0 bridgehead atoms. The zero-order chi connectivity index (χ0) is 16.9. The third kappa shape index (κ3) is 3.92. The second kappa shape index (κ2) is 7.74. The molecule has 2 atom stereocenters. The van der Waals surface area contributed by atoms with Gasteiger partial charge >= 0.3 is 0 Å². The SMILES string of the molecule is CN(CCc1ncon1)C(=O)[C@H]1CNC[C@H](C(=O)N2CCCC2)C1. The summed E-state index contributed by atoms with van der Waals surface area (Å²) >= 11 is 0. The van der Waals surface area contributed by atoms with Crippen LogP contribution in [0.1, 0.15) is 25.1 Å². The molecule has 0 aliphatic carbocycles. The summed E-state index contributed by atoms with van der Waals surface area (Å²) in [5.74, 6) is 0.636. The standard InChI is InChI=1S/C16H25N5O3/c1-20(7-4-14-18-11-24-19-14)15(22)12-8-13(10-17-9-12)16(23)21-5-2-3-6-21/h11-13,17H,2-10H2,1H3/t12-,13-/m1/s1. The van der Waals surface area contributed by atoms with Gasteiger partial charge in [0.05, 0.1) is 11.8 Å². The van der Waals surface area contributed by atoms with Crippen LogP contribution in [0.15, 0.2) is 10.9 Å². The van der Waals surface area contributed by atoms with Crippen LogP contribution in [0.2, 0.25) is 0 Å². The monoisotopic (exact) mass is 335 g/mol. The lowest BCUT2D eigenvalue weighted by Crippen LogP contribution is -2.49. The maximum atomic E-state index is 12.6. The average molecular weight is 335 g/mol. The largest absolute Gasteiger partial charge is 0.345 e. The van der Waals surface area contributed by atoms with E-state index in [1.54, 1.807) is 11.9 Å². The van der Waals surface area contributed by atoms with Crippen molar-refractivity contribution in [2.45, 2.75) is 25.7 Å². The first-order chi connectivity index (χ1) is 11.6. The summed E-state index contributed by atoms with van der Waals surface area (Å²) in [6, 6.07) is 0. The van der Waals surface area contributed by atoms with Gasteiger partial charge in [-0.25, -0.2) is 0 Å². The zero-order valence-electron chi connectivity index (χ0n) is 14.1. The van der Waals surface area contributed by atoms with E-state index < -0.39 is 0 Å². The molecule has 2 saturated heterocycles. The van der Waals surface area contributed by atoms with Crippen molar-refractivity contribution >= 4 is 11.8 Å². The molecule has 0 aromatic carbocycles. The van der Waals surface area contributed by atoms with E-state index in [0.29, 0.717) is 38.3 Å².